The van der Waals surface area contributed by atoms with Gasteiger partial charge >= 0.3 is 0 Å². The molecule has 0 atom stereocenters. The molecule has 1 N–H and O–H groups in total. The van der Waals surface area contributed by atoms with Crippen molar-refractivity contribution in [3.8, 4) is 0 Å². The molecule has 0 bridgehead atoms. The molecule has 3 aromatic rings. The van der Waals surface area contributed by atoms with Gasteiger partial charge in [0.05, 0.1) is 11.3 Å². The summed E-state index contributed by atoms with van der Waals surface area (Å²) in [7, 11) is -4.11. The average Bonchev–Trinajstić information content (AvgIpc) is 2.90. The number of benzene rings is 3. The third-order valence-corrected chi connectivity index (χ3v) is 6.83. The van der Waals surface area contributed by atoms with Crippen molar-refractivity contribution in [3.63, 3.8) is 0 Å². The molecule has 1 heterocycles. The fourth-order valence-electron chi connectivity index (χ4n) is 3.04. The van der Waals surface area contributed by atoms with Crippen LogP contribution < -0.4 is 9.62 Å². The lowest BCUT2D eigenvalue weighted by molar-refractivity contribution is 0.100. The van der Waals surface area contributed by atoms with Gasteiger partial charge in [0.25, 0.3) is 21.8 Å². The summed E-state index contributed by atoms with van der Waals surface area (Å²) in [6, 6.07) is 17.7. The Bertz CT molecular complexity index is 1240. The summed E-state index contributed by atoms with van der Waals surface area (Å²) >= 11 is 3.29. The van der Waals surface area contributed by atoms with E-state index in [4.69, 9.17) is 0 Å². The van der Waals surface area contributed by atoms with E-state index in [0.717, 1.165) is 14.3 Å². The molecule has 0 fully saturated rings. The number of anilines is 2. The molecule has 29 heavy (non-hydrogen) atoms. The highest BCUT2D eigenvalue weighted by Gasteiger charge is 2.42. The van der Waals surface area contributed by atoms with Crippen LogP contribution in [-0.4, -0.2) is 20.2 Å². The van der Waals surface area contributed by atoms with Crippen molar-refractivity contribution in [2.75, 3.05) is 9.62 Å². The van der Waals surface area contributed by atoms with Crippen molar-refractivity contribution in [2.24, 2.45) is 0 Å². The fourth-order valence-corrected chi connectivity index (χ4v) is 4.93. The van der Waals surface area contributed by atoms with Crippen LogP contribution in [0.5, 0.6) is 0 Å². The number of nitrogens with zero attached hydrogens (tertiary/aromatic N) is 1. The van der Waals surface area contributed by atoms with Gasteiger partial charge in [0.2, 0.25) is 0 Å². The molecule has 146 valence electrons. The quantitative estimate of drug-likeness (QED) is 0.616. The Balaban J connectivity index is 1.69. The Labute approximate surface area is 176 Å². The summed E-state index contributed by atoms with van der Waals surface area (Å²) < 4.78 is 27.5. The molecule has 0 saturated carbocycles. The molecular weight excluding hydrogens is 456 g/mol. The minimum Gasteiger partial charge on any atom is -0.322 e. The maximum Gasteiger partial charge on any atom is 0.273 e. The molecule has 1 aliphatic rings. The zero-order valence-corrected chi connectivity index (χ0v) is 17.6. The summed E-state index contributed by atoms with van der Waals surface area (Å²) in [4.78, 5) is 25.1. The van der Waals surface area contributed by atoms with Crippen LogP contribution in [0.15, 0.2) is 76.1 Å². The lowest BCUT2D eigenvalue weighted by Gasteiger charge is -2.15. The number of amides is 2. The fraction of sp³-hybridized carbons (Fsp3) is 0.0476. The van der Waals surface area contributed by atoms with Crippen LogP contribution in [0, 0.1) is 6.92 Å². The molecule has 2 amide bonds. The molecular formula is C21H15BrN2O4S. The largest absolute Gasteiger partial charge is 0.322 e. The Morgan fingerprint density at radius 1 is 0.966 bits per heavy atom. The number of carbonyl (C=O) groups is 2. The van der Waals surface area contributed by atoms with Crippen LogP contribution >= 0.6 is 15.9 Å². The number of sulfonamides is 1. The van der Waals surface area contributed by atoms with Gasteiger partial charge < -0.3 is 5.32 Å². The Morgan fingerprint density at radius 3 is 2.28 bits per heavy atom. The summed E-state index contributed by atoms with van der Waals surface area (Å²) in [5, 5.41) is 2.73. The van der Waals surface area contributed by atoms with Crippen molar-refractivity contribution in [2.45, 2.75) is 11.8 Å². The molecule has 0 radical (unpaired) electrons. The number of hydrogen-bond acceptors (Lipinski definition) is 4. The van der Waals surface area contributed by atoms with Gasteiger partial charge in [-0.05, 0) is 61.5 Å². The van der Waals surface area contributed by atoms with Gasteiger partial charge in [-0.25, -0.2) is 8.42 Å². The zero-order valence-electron chi connectivity index (χ0n) is 15.2. The van der Waals surface area contributed by atoms with Gasteiger partial charge in [-0.3, -0.25) is 9.59 Å². The molecule has 4 rings (SSSR count). The first kappa shape index (κ1) is 19.4. The normalized spacial score (nSPS) is 14.6. The number of aryl methyl sites for hydroxylation is 1. The van der Waals surface area contributed by atoms with E-state index in [9.17, 15) is 18.0 Å². The van der Waals surface area contributed by atoms with Crippen molar-refractivity contribution in [1.82, 2.24) is 0 Å². The predicted octanol–water partition coefficient (Wildman–Crippen LogP) is 4.36. The first-order valence-electron chi connectivity index (χ1n) is 8.65. The Hall–Kier alpha value is -2.97. The summed E-state index contributed by atoms with van der Waals surface area (Å²) in [5.74, 6) is -1.10. The van der Waals surface area contributed by atoms with E-state index in [0.29, 0.717) is 5.69 Å². The van der Waals surface area contributed by atoms with Crippen molar-refractivity contribution in [1.29, 1.82) is 0 Å². The topological polar surface area (TPSA) is 83.6 Å². The number of nitrogens with one attached hydrogen (secondary N) is 1. The summed E-state index contributed by atoms with van der Waals surface area (Å²) in [6.07, 6.45) is 0. The lowest BCUT2D eigenvalue weighted by Crippen LogP contribution is -2.29. The highest BCUT2D eigenvalue weighted by atomic mass is 79.9. The van der Waals surface area contributed by atoms with Crippen LogP contribution in [0.4, 0.5) is 11.4 Å². The highest BCUT2D eigenvalue weighted by Crippen LogP contribution is 2.35. The van der Waals surface area contributed by atoms with Gasteiger partial charge in [0.1, 0.15) is 4.90 Å². The average molecular weight is 471 g/mol. The smallest absolute Gasteiger partial charge is 0.273 e. The number of fused-ring (bicyclic) bond motifs is 1. The molecule has 0 unspecified atom stereocenters. The van der Waals surface area contributed by atoms with E-state index in [1.807, 2.05) is 19.1 Å². The molecule has 8 heteroatoms. The van der Waals surface area contributed by atoms with E-state index in [1.165, 1.54) is 30.3 Å². The van der Waals surface area contributed by atoms with Crippen molar-refractivity contribution >= 4 is 49.1 Å². The molecule has 3 aromatic carbocycles. The second-order valence-corrected chi connectivity index (χ2v) is 9.25. The third-order valence-electron chi connectivity index (χ3n) is 4.55. The molecule has 0 spiro atoms. The Morgan fingerprint density at radius 2 is 1.62 bits per heavy atom. The first-order chi connectivity index (χ1) is 13.8. The number of carbonyl (C=O) groups excluding carboxylic acids is 2. The van der Waals surface area contributed by atoms with E-state index in [1.54, 1.807) is 24.3 Å². The van der Waals surface area contributed by atoms with Gasteiger partial charge in [-0.15, -0.1) is 0 Å². The Kier molecular flexibility index (Phi) is 4.76. The van der Waals surface area contributed by atoms with Crippen molar-refractivity contribution < 1.29 is 18.0 Å². The second-order valence-electron chi connectivity index (χ2n) is 6.58. The van der Waals surface area contributed by atoms with E-state index in [2.05, 4.69) is 21.2 Å². The molecule has 0 aliphatic carbocycles. The molecule has 6 nitrogen and oxygen atoms in total. The predicted molar refractivity (Wildman–Crippen MR) is 114 cm³/mol. The molecule has 0 aromatic heterocycles. The summed E-state index contributed by atoms with van der Waals surface area (Å²) in [5.41, 5.74) is 2.08. The SMILES string of the molecule is Cc1ccc(NC(=O)c2ccc3c(c2)S(=O)(=O)N(c2ccc(Br)cc2)C3=O)cc1. The van der Waals surface area contributed by atoms with Gasteiger partial charge in [-0.1, -0.05) is 33.6 Å². The van der Waals surface area contributed by atoms with Gasteiger partial charge in [0, 0.05) is 15.7 Å². The minimum absolute atomic E-state index is 0.0415. The van der Waals surface area contributed by atoms with E-state index >= 15 is 0 Å². The van der Waals surface area contributed by atoms with Gasteiger partial charge in [0.15, 0.2) is 0 Å². The summed E-state index contributed by atoms with van der Waals surface area (Å²) in [6.45, 7) is 1.94. The third kappa shape index (κ3) is 3.45. The number of hydrogen-bond donors (Lipinski definition) is 1. The maximum absolute atomic E-state index is 13.0. The van der Waals surface area contributed by atoms with Crippen LogP contribution in [0.3, 0.4) is 0 Å². The maximum atomic E-state index is 13.0. The van der Waals surface area contributed by atoms with E-state index in [-0.39, 0.29) is 21.7 Å². The second kappa shape index (κ2) is 7.13. The van der Waals surface area contributed by atoms with E-state index < -0.39 is 21.8 Å². The monoisotopic (exact) mass is 470 g/mol. The molecule has 1 aliphatic heterocycles. The number of rotatable bonds is 3. The lowest BCUT2D eigenvalue weighted by atomic mass is 10.1. The van der Waals surface area contributed by atoms with Crippen LogP contribution in [-0.2, 0) is 10.0 Å². The van der Waals surface area contributed by atoms with Gasteiger partial charge in [-0.2, -0.15) is 4.31 Å². The first-order valence-corrected chi connectivity index (χ1v) is 10.9. The van der Waals surface area contributed by atoms with Crippen molar-refractivity contribution in [3.05, 3.63) is 87.9 Å². The number of halogens is 1. The van der Waals surface area contributed by atoms with Crippen LogP contribution in [0.2, 0.25) is 0 Å². The minimum atomic E-state index is -4.11. The molecule has 0 saturated heterocycles. The van der Waals surface area contributed by atoms with Crippen LogP contribution in [0.1, 0.15) is 26.3 Å². The zero-order chi connectivity index (χ0) is 20.8. The highest BCUT2D eigenvalue weighted by molar-refractivity contribution is 9.10. The standard InChI is InChI=1S/C21H15BrN2O4S/c1-13-2-7-16(8-3-13)23-20(25)14-4-11-18-19(12-14)29(27,28)24(21(18)26)17-9-5-15(22)6-10-17/h2-12H,1H3,(H,23,25). The van der Waals surface area contributed by atoms with Crippen LogP contribution in [0.25, 0.3) is 0 Å².